The van der Waals surface area contributed by atoms with E-state index in [0.29, 0.717) is 16.4 Å². The zero-order chi connectivity index (χ0) is 13.9. The van der Waals surface area contributed by atoms with Gasteiger partial charge < -0.3 is 5.73 Å². The maximum Gasteiger partial charge on any atom is 0.161 e. The van der Waals surface area contributed by atoms with Gasteiger partial charge in [0.15, 0.2) is 5.65 Å². The van der Waals surface area contributed by atoms with Gasteiger partial charge in [0, 0.05) is 5.56 Å². The van der Waals surface area contributed by atoms with Gasteiger partial charge in [0.2, 0.25) is 0 Å². The van der Waals surface area contributed by atoms with Crippen LogP contribution in [-0.2, 0) is 0 Å². The minimum atomic E-state index is 0.355. The number of hydrogen-bond donors (Lipinski definition) is 1. The van der Waals surface area contributed by atoms with Gasteiger partial charge in [-0.25, -0.2) is 4.98 Å². The zero-order valence-corrected chi connectivity index (χ0v) is 11.5. The molecule has 6 heteroatoms. The van der Waals surface area contributed by atoms with Crippen LogP contribution in [0.5, 0.6) is 0 Å². The normalized spacial score (nSPS) is 9.67. The molecule has 0 saturated carbocycles. The summed E-state index contributed by atoms with van der Waals surface area (Å²) in [5, 5.41) is 14.0. The maximum absolute atomic E-state index is 9.04. The Morgan fingerprint density at radius 2 is 2.00 bits per heavy atom. The summed E-state index contributed by atoms with van der Waals surface area (Å²) >= 11 is 1.41. The van der Waals surface area contributed by atoms with E-state index in [9.17, 15) is 0 Å². The minimum absolute atomic E-state index is 0.355. The molecule has 0 aliphatic rings. The first-order chi connectivity index (χ1) is 8.60. The van der Waals surface area contributed by atoms with Gasteiger partial charge in [0.1, 0.15) is 22.5 Å². The molecule has 0 aliphatic heterocycles. The average molecular weight is 261 g/mol. The molecular formula is C12H15N5S. The number of nitrogen functional groups attached to an aromatic ring is 1. The second-order valence-electron chi connectivity index (χ2n) is 3.44. The highest BCUT2D eigenvalue weighted by molar-refractivity contribution is 7.98. The molecule has 0 aliphatic carbocycles. The lowest BCUT2D eigenvalue weighted by molar-refractivity contribution is 0.904. The van der Waals surface area contributed by atoms with Crippen molar-refractivity contribution in [2.24, 2.45) is 0 Å². The molecule has 18 heavy (non-hydrogen) atoms. The predicted octanol–water partition coefficient (Wildman–Crippen LogP) is 2.32. The van der Waals surface area contributed by atoms with Gasteiger partial charge in [-0.2, -0.15) is 14.9 Å². The third kappa shape index (κ3) is 2.05. The molecule has 0 aromatic carbocycles. The molecule has 0 unspecified atom stereocenters. The molecule has 5 nitrogen and oxygen atoms in total. The molecule has 94 valence electrons. The van der Waals surface area contributed by atoms with E-state index in [0.717, 1.165) is 16.9 Å². The molecule has 2 heterocycles. The summed E-state index contributed by atoms with van der Waals surface area (Å²) in [6.45, 7) is 9.84. The number of nitrogens with zero attached hydrogens (tertiary/aromatic N) is 4. The van der Waals surface area contributed by atoms with Crippen LogP contribution < -0.4 is 5.73 Å². The van der Waals surface area contributed by atoms with E-state index in [-0.39, 0.29) is 0 Å². The van der Waals surface area contributed by atoms with Crippen LogP contribution in [0.25, 0.3) is 5.65 Å². The summed E-state index contributed by atoms with van der Waals surface area (Å²) in [5.41, 5.74) is 8.89. The van der Waals surface area contributed by atoms with Crippen molar-refractivity contribution < 1.29 is 0 Å². The molecule has 2 aromatic heterocycles. The SMILES string of the molecule is C=C.CSc1nc2c(C)c(C)nn2c(N)c1C#N. The summed E-state index contributed by atoms with van der Waals surface area (Å²) in [6, 6.07) is 2.07. The van der Waals surface area contributed by atoms with E-state index in [2.05, 4.69) is 29.3 Å². The predicted molar refractivity (Wildman–Crippen MR) is 74.6 cm³/mol. The first-order valence-electron chi connectivity index (χ1n) is 5.19. The fraction of sp³-hybridized carbons (Fsp3) is 0.250. The van der Waals surface area contributed by atoms with Gasteiger partial charge in [-0.3, -0.25) is 0 Å². The first kappa shape index (κ1) is 14.1. The Hall–Kier alpha value is -2.00. The molecule has 2 N–H and O–H groups in total. The Morgan fingerprint density at radius 3 is 2.50 bits per heavy atom. The number of anilines is 1. The van der Waals surface area contributed by atoms with Gasteiger partial charge >= 0.3 is 0 Å². The molecule has 0 fully saturated rings. The number of rotatable bonds is 1. The van der Waals surface area contributed by atoms with Crippen LogP contribution in [0.2, 0.25) is 0 Å². The van der Waals surface area contributed by atoms with E-state index in [1.165, 1.54) is 16.3 Å². The van der Waals surface area contributed by atoms with Crippen molar-refractivity contribution in [2.45, 2.75) is 18.9 Å². The topological polar surface area (TPSA) is 80.0 Å². The van der Waals surface area contributed by atoms with E-state index < -0.39 is 0 Å². The molecule has 0 amide bonds. The number of nitrogens with two attached hydrogens (primary N) is 1. The van der Waals surface area contributed by atoms with Crippen LogP contribution in [0.3, 0.4) is 0 Å². The van der Waals surface area contributed by atoms with Crippen molar-refractivity contribution in [1.29, 1.82) is 5.26 Å². The lowest BCUT2D eigenvalue weighted by Gasteiger charge is -2.05. The van der Waals surface area contributed by atoms with E-state index >= 15 is 0 Å². The van der Waals surface area contributed by atoms with E-state index in [1.54, 1.807) is 0 Å². The molecular weight excluding hydrogens is 246 g/mol. The number of nitriles is 1. The van der Waals surface area contributed by atoms with Crippen LogP contribution in [0, 0.1) is 25.2 Å². The van der Waals surface area contributed by atoms with Gasteiger partial charge in [-0.1, -0.05) is 0 Å². The van der Waals surface area contributed by atoms with Crippen molar-refractivity contribution >= 4 is 23.2 Å². The van der Waals surface area contributed by atoms with Crippen molar-refractivity contribution in [3.05, 3.63) is 30.0 Å². The monoisotopic (exact) mass is 261 g/mol. The summed E-state index contributed by atoms with van der Waals surface area (Å²) in [5.74, 6) is 0.355. The summed E-state index contributed by atoms with van der Waals surface area (Å²) in [4.78, 5) is 4.41. The second-order valence-corrected chi connectivity index (χ2v) is 4.23. The molecule has 0 saturated heterocycles. The van der Waals surface area contributed by atoms with Crippen LogP contribution in [0.1, 0.15) is 16.8 Å². The Kier molecular flexibility index (Phi) is 4.34. The molecule has 0 radical (unpaired) electrons. The van der Waals surface area contributed by atoms with Gasteiger partial charge in [0.05, 0.1) is 5.69 Å². The summed E-state index contributed by atoms with van der Waals surface area (Å²) in [6.07, 6.45) is 1.87. The van der Waals surface area contributed by atoms with Crippen molar-refractivity contribution in [1.82, 2.24) is 14.6 Å². The van der Waals surface area contributed by atoms with E-state index in [1.807, 2.05) is 20.1 Å². The quantitative estimate of drug-likeness (QED) is 0.484. The molecule has 0 atom stereocenters. The molecule has 2 rings (SSSR count). The Bertz CT molecular complexity index is 624. The Balaban J connectivity index is 0.000000771. The van der Waals surface area contributed by atoms with Crippen LogP contribution in [0.15, 0.2) is 18.2 Å². The zero-order valence-electron chi connectivity index (χ0n) is 10.7. The minimum Gasteiger partial charge on any atom is -0.382 e. The number of hydrogen-bond acceptors (Lipinski definition) is 5. The van der Waals surface area contributed by atoms with Gasteiger partial charge in [0.25, 0.3) is 0 Å². The second kappa shape index (κ2) is 5.56. The van der Waals surface area contributed by atoms with Gasteiger partial charge in [-0.05, 0) is 20.1 Å². The highest BCUT2D eigenvalue weighted by Crippen LogP contribution is 2.25. The fourth-order valence-corrected chi connectivity index (χ4v) is 2.04. The standard InChI is InChI=1S/C10H11N5S.C2H4/c1-5-6(2)14-15-8(12)7(4-11)10(16-3)13-9(5)15;1-2/h12H2,1-3H3;1-2H2. The number of thioether (sulfide) groups is 1. The van der Waals surface area contributed by atoms with Crippen LogP contribution in [0.4, 0.5) is 5.82 Å². The van der Waals surface area contributed by atoms with Crippen molar-refractivity contribution in [3.8, 4) is 6.07 Å². The number of aryl methyl sites for hydroxylation is 2. The molecule has 0 bridgehead atoms. The largest absolute Gasteiger partial charge is 0.382 e. The van der Waals surface area contributed by atoms with Crippen LogP contribution >= 0.6 is 11.8 Å². The molecule has 0 spiro atoms. The van der Waals surface area contributed by atoms with E-state index in [4.69, 9.17) is 11.0 Å². The van der Waals surface area contributed by atoms with Crippen LogP contribution in [-0.4, -0.2) is 20.9 Å². The lowest BCUT2D eigenvalue weighted by atomic mass is 10.3. The summed E-state index contributed by atoms with van der Waals surface area (Å²) in [7, 11) is 0. The highest BCUT2D eigenvalue weighted by Gasteiger charge is 2.16. The van der Waals surface area contributed by atoms with Gasteiger partial charge in [-0.15, -0.1) is 24.9 Å². The number of aromatic nitrogens is 3. The number of fused-ring (bicyclic) bond motifs is 1. The highest BCUT2D eigenvalue weighted by atomic mass is 32.2. The average Bonchev–Trinajstić information content (AvgIpc) is 2.69. The Morgan fingerprint density at radius 1 is 1.39 bits per heavy atom. The maximum atomic E-state index is 9.04. The summed E-state index contributed by atoms with van der Waals surface area (Å²) < 4.78 is 1.53. The lowest BCUT2D eigenvalue weighted by Crippen LogP contribution is -2.05. The molecule has 2 aromatic rings. The first-order valence-corrected chi connectivity index (χ1v) is 6.42. The third-order valence-corrected chi connectivity index (χ3v) is 3.22. The van der Waals surface area contributed by atoms with Crippen molar-refractivity contribution in [3.63, 3.8) is 0 Å². The third-order valence-electron chi connectivity index (χ3n) is 2.54. The van der Waals surface area contributed by atoms with Crippen molar-refractivity contribution in [2.75, 3.05) is 12.0 Å². The fourth-order valence-electron chi connectivity index (χ4n) is 1.51. The Labute approximate surface area is 110 Å². The smallest absolute Gasteiger partial charge is 0.161 e.